The van der Waals surface area contributed by atoms with Crippen LogP contribution in [0.4, 0.5) is 4.79 Å². The third kappa shape index (κ3) is 7.01. The summed E-state index contributed by atoms with van der Waals surface area (Å²) < 4.78 is 10.0. The van der Waals surface area contributed by atoms with Gasteiger partial charge in [0.25, 0.3) is 0 Å². The zero-order valence-electron chi connectivity index (χ0n) is 17.1. The van der Waals surface area contributed by atoms with Crippen molar-refractivity contribution in [3.63, 3.8) is 0 Å². The van der Waals surface area contributed by atoms with Crippen LogP contribution in [0.15, 0.2) is 0 Å². The van der Waals surface area contributed by atoms with Gasteiger partial charge in [-0.2, -0.15) is 0 Å². The Morgan fingerprint density at radius 1 is 1.18 bits per heavy atom. The summed E-state index contributed by atoms with van der Waals surface area (Å²) in [5.74, 6) is -0.803. The lowest BCUT2D eigenvalue weighted by molar-refractivity contribution is -0.146. The number of carbonyl (C=O) groups is 4. The van der Waals surface area contributed by atoms with E-state index in [0.29, 0.717) is 25.3 Å². The molecule has 2 rings (SSSR count). The molecule has 1 aliphatic carbocycles. The van der Waals surface area contributed by atoms with Crippen LogP contribution in [0.2, 0.25) is 0 Å². The maximum absolute atomic E-state index is 12.8. The van der Waals surface area contributed by atoms with Gasteiger partial charge in [0.15, 0.2) is 0 Å². The van der Waals surface area contributed by atoms with E-state index in [0.717, 1.165) is 19.3 Å². The highest BCUT2D eigenvalue weighted by Crippen LogP contribution is 2.33. The molecule has 3 amide bonds. The molecule has 2 N–H and O–H groups in total. The molecule has 0 aromatic rings. The standard InChI is InChI=1S/C19H31N3O6/c1-19(2,3)28-18(26)21-13(10-12-7-8-12)16(24)20-14(17(25)27-4)11-22-9-5-6-15(22)23/h12-14H,5-11H2,1-4H3,(H,20,24)(H,21,26)/t13-,14-/m0/s1. The highest BCUT2D eigenvalue weighted by molar-refractivity contribution is 5.90. The molecule has 28 heavy (non-hydrogen) atoms. The van der Waals surface area contributed by atoms with Crippen LogP contribution in [0.25, 0.3) is 0 Å². The van der Waals surface area contributed by atoms with Crippen molar-refractivity contribution in [3.8, 4) is 0 Å². The molecule has 158 valence electrons. The molecule has 0 spiro atoms. The van der Waals surface area contributed by atoms with E-state index in [2.05, 4.69) is 10.6 Å². The largest absolute Gasteiger partial charge is 0.467 e. The van der Waals surface area contributed by atoms with Gasteiger partial charge in [-0.15, -0.1) is 0 Å². The number of carbonyl (C=O) groups excluding carboxylic acids is 4. The van der Waals surface area contributed by atoms with Crippen LogP contribution in [0, 0.1) is 5.92 Å². The van der Waals surface area contributed by atoms with Crippen LogP contribution in [0.1, 0.15) is 52.9 Å². The first-order chi connectivity index (χ1) is 13.1. The number of nitrogens with one attached hydrogen (secondary N) is 2. The van der Waals surface area contributed by atoms with Crippen LogP contribution in [0.3, 0.4) is 0 Å². The van der Waals surface area contributed by atoms with Crippen LogP contribution in [0.5, 0.6) is 0 Å². The van der Waals surface area contributed by atoms with Gasteiger partial charge in [-0.05, 0) is 39.5 Å². The molecule has 0 radical (unpaired) electrons. The number of amides is 3. The van der Waals surface area contributed by atoms with Crippen molar-refractivity contribution in [2.45, 2.75) is 70.6 Å². The Bertz CT molecular complexity index is 611. The van der Waals surface area contributed by atoms with E-state index in [4.69, 9.17) is 9.47 Å². The van der Waals surface area contributed by atoms with E-state index in [9.17, 15) is 19.2 Å². The van der Waals surface area contributed by atoms with Gasteiger partial charge >= 0.3 is 12.1 Å². The maximum Gasteiger partial charge on any atom is 0.408 e. The molecular formula is C19H31N3O6. The number of esters is 1. The van der Waals surface area contributed by atoms with Gasteiger partial charge < -0.3 is 25.0 Å². The Kier molecular flexibility index (Phi) is 7.26. The first-order valence-corrected chi connectivity index (χ1v) is 9.74. The normalized spacial score (nSPS) is 19.0. The minimum absolute atomic E-state index is 0.0513. The SMILES string of the molecule is COC(=O)[C@H](CN1CCCC1=O)NC(=O)[C@H](CC1CC1)NC(=O)OC(C)(C)C. The summed E-state index contributed by atoms with van der Waals surface area (Å²) >= 11 is 0. The van der Waals surface area contributed by atoms with Gasteiger partial charge in [0.2, 0.25) is 11.8 Å². The molecule has 9 nitrogen and oxygen atoms in total. The third-order valence-corrected chi connectivity index (χ3v) is 4.65. The molecule has 0 aromatic heterocycles. The Hall–Kier alpha value is -2.32. The van der Waals surface area contributed by atoms with Crippen molar-refractivity contribution in [3.05, 3.63) is 0 Å². The summed E-state index contributed by atoms with van der Waals surface area (Å²) in [4.78, 5) is 50.4. The second-order valence-electron chi connectivity index (χ2n) is 8.41. The fourth-order valence-electron chi connectivity index (χ4n) is 3.08. The highest BCUT2D eigenvalue weighted by Gasteiger charge is 2.35. The Balaban J connectivity index is 2.01. The topological polar surface area (TPSA) is 114 Å². The van der Waals surface area contributed by atoms with Crippen LogP contribution < -0.4 is 10.6 Å². The van der Waals surface area contributed by atoms with Crippen LogP contribution >= 0.6 is 0 Å². The number of methoxy groups -OCH3 is 1. The van der Waals surface area contributed by atoms with Gasteiger partial charge in [0, 0.05) is 13.0 Å². The molecule has 9 heteroatoms. The monoisotopic (exact) mass is 397 g/mol. The van der Waals surface area contributed by atoms with E-state index < -0.39 is 35.7 Å². The third-order valence-electron chi connectivity index (χ3n) is 4.65. The number of hydrogen-bond acceptors (Lipinski definition) is 6. The van der Waals surface area contributed by atoms with E-state index >= 15 is 0 Å². The average Bonchev–Trinajstić information content (AvgIpc) is 3.32. The molecule has 2 fully saturated rings. The average molecular weight is 397 g/mol. The molecule has 0 aromatic carbocycles. The minimum atomic E-state index is -0.985. The van der Waals surface area contributed by atoms with Gasteiger partial charge in [-0.1, -0.05) is 12.8 Å². The Labute approximate surface area is 165 Å². The van der Waals surface area contributed by atoms with Crippen molar-refractivity contribution in [1.29, 1.82) is 0 Å². The Morgan fingerprint density at radius 3 is 2.36 bits per heavy atom. The van der Waals surface area contributed by atoms with Crippen molar-refractivity contribution in [2.24, 2.45) is 5.92 Å². The second kappa shape index (κ2) is 9.25. The van der Waals surface area contributed by atoms with Crippen molar-refractivity contribution >= 4 is 23.9 Å². The number of ether oxygens (including phenoxy) is 2. The lowest BCUT2D eigenvalue weighted by Gasteiger charge is -2.26. The molecule has 1 aliphatic heterocycles. The van der Waals surface area contributed by atoms with Crippen molar-refractivity contribution in [1.82, 2.24) is 15.5 Å². The minimum Gasteiger partial charge on any atom is -0.467 e. The van der Waals surface area contributed by atoms with E-state index in [1.807, 2.05) is 0 Å². The molecule has 1 saturated heterocycles. The highest BCUT2D eigenvalue weighted by atomic mass is 16.6. The number of rotatable bonds is 8. The predicted octanol–water partition coefficient (Wildman–Crippen LogP) is 0.960. The van der Waals surface area contributed by atoms with Crippen LogP contribution in [-0.2, 0) is 23.9 Å². The Morgan fingerprint density at radius 2 is 1.86 bits per heavy atom. The number of hydrogen-bond donors (Lipinski definition) is 2. The number of alkyl carbamates (subject to hydrolysis) is 1. The fourth-order valence-corrected chi connectivity index (χ4v) is 3.08. The van der Waals surface area contributed by atoms with Crippen molar-refractivity contribution < 1.29 is 28.7 Å². The zero-order chi connectivity index (χ0) is 20.9. The number of nitrogens with zero attached hydrogens (tertiary/aromatic N) is 1. The van der Waals surface area contributed by atoms with E-state index in [-0.39, 0.29) is 12.5 Å². The summed E-state index contributed by atoms with van der Waals surface area (Å²) in [7, 11) is 1.23. The van der Waals surface area contributed by atoms with Gasteiger partial charge in [0.05, 0.1) is 13.7 Å². The quantitative estimate of drug-likeness (QED) is 0.590. The van der Waals surface area contributed by atoms with E-state index in [1.165, 1.54) is 7.11 Å². The first kappa shape index (κ1) is 22.0. The molecule has 2 atom stereocenters. The predicted molar refractivity (Wildman–Crippen MR) is 100 cm³/mol. The maximum atomic E-state index is 12.8. The summed E-state index contributed by atoms with van der Waals surface area (Å²) in [6.45, 7) is 5.82. The molecule has 2 aliphatic rings. The molecule has 1 saturated carbocycles. The zero-order valence-corrected chi connectivity index (χ0v) is 17.1. The lowest BCUT2D eigenvalue weighted by Crippen LogP contribution is -2.55. The van der Waals surface area contributed by atoms with Gasteiger partial charge in [-0.3, -0.25) is 9.59 Å². The molecule has 0 bridgehead atoms. The molecular weight excluding hydrogens is 366 g/mol. The van der Waals surface area contributed by atoms with Crippen LogP contribution in [-0.4, -0.2) is 66.7 Å². The number of likely N-dealkylation sites (tertiary alicyclic amines) is 1. The summed E-state index contributed by atoms with van der Waals surface area (Å²) in [6.07, 6.45) is 2.96. The first-order valence-electron chi connectivity index (χ1n) is 9.74. The van der Waals surface area contributed by atoms with Gasteiger partial charge in [0.1, 0.15) is 17.7 Å². The summed E-state index contributed by atoms with van der Waals surface area (Å²) in [5, 5.41) is 5.24. The smallest absolute Gasteiger partial charge is 0.408 e. The summed E-state index contributed by atoms with van der Waals surface area (Å²) in [6, 6.07) is -1.80. The lowest BCUT2D eigenvalue weighted by atomic mass is 10.1. The molecule has 1 heterocycles. The van der Waals surface area contributed by atoms with E-state index in [1.54, 1.807) is 25.7 Å². The summed E-state index contributed by atoms with van der Waals surface area (Å²) in [5.41, 5.74) is -0.685. The van der Waals surface area contributed by atoms with Crippen molar-refractivity contribution in [2.75, 3.05) is 20.2 Å². The second-order valence-corrected chi connectivity index (χ2v) is 8.41. The molecule has 0 unspecified atom stereocenters. The van der Waals surface area contributed by atoms with Gasteiger partial charge in [-0.25, -0.2) is 9.59 Å². The fraction of sp³-hybridized carbons (Fsp3) is 0.789.